The first kappa shape index (κ1) is 13.4. The molecule has 0 radical (unpaired) electrons. The molecule has 1 saturated heterocycles. The molecular formula is C10H21N3O3. The molecule has 6 nitrogen and oxygen atoms in total. The van der Waals surface area contributed by atoms with Crippen molar-refractivity contribution in [2.45, 2.75) is 31.5 Å². The van der Waals surface area contributed by atoms with Crippen LogP contribution in [-0.4, -0.2) is 56.4 Å². The van der Waals surface area contributed by atoms with Crippen molar-refractivity contribution in [3.05, 3.63) is 0 Å². The van der Waals surface area contributed by atoms with Crippen LogP contribution in [-0.2, 0) is 14.3 Å². The average molecular weight is 231 g/mol. The number of methoxy groups -OCH3 is 1. The Labute approximate surface area is 96.0 Å². The predicted molar refractivity (Wildman–Crippen MR) is 59.6 cm³/mol. The van der Waals surface area contributed by atoms with Crippen molar-refractivity contribution in [1.82, 2.24) is 10.3 Å². The normalized spacial score (nSPS) is 27.1. The van der Waals surface area contributed by atoms with Crippen LogP contribution < -0.4 is 11.3 Å². The van der Waals surface area contributed by atoms with Crippen molar-refractivity contribution >= 4 is 5.91 Å². The Kier molecular flexibility index (Phi) is 5.14. The first-order chi connectivity index (χ1) is 7.61. The summed E-state index contributed by atoms with van der Waals surface area (Å²) in [7, 11) is 3.47. The van der Waals surface area contributed by atoms with Gasteiger partial charge in [0.2, 0.25) is 0 Å². The van der Waals surface area contributed by atoms with E-state index in [1.165, 1.54) is 0 Å². The number of amides is 1. The van der Waals surface area contributed by atoms with Gasteiger partial charge in [0.15, 0.2) is 0 Å². The maximum Gasteiger partial charge on any atom is 0.253 e. The van der Waals surface area contributed by atoms with Crippen LogP contribution >= 0.6 is 0 Å². The number of ether oxygens (including phenoxy) is 2. The number of hydrazine groups is 1. The van der Waals surface area contributed by atoms with E-state index in [2.05, 4.69) is 5.43 Å². The van der Waals surface area contributed by atoms with E-state index in [1.54, 1.807) is 7.11 Å². The number of likely N-dealkylation sites (N-methyl/N-ethyl adjacent to an activating group) is 1. The van der Waals surface area contributed by atoms with Gasteiger partial charge in [-0.15, -0.1) is 0 Å². The van der Waals surface area contributed by atoms with E-state index in [0.717, 1.165) is 13.0 Å². The van der Waals surface area contributed by atoms with E-state index < -0.39 is 0 Å². The summed E-state index contributed by atoms with van der Waals surface area (Å²) in [5.74, 6) is 4.93. The molecule has 1 aliphatic heterocycles. The summed E-state index contributed by atoms with van der Waals surface area (Å²) in [5, 5.41) is 0. The fourth-order valence-corrected chi connectivity index (χ4v) is 2.12. The summed E-state index contributed by atoms with van der Waals surface area (Å²) >= 11 is 0. The number of hydrogen-bond acceptors (Lipinski definition) is 5. The molecule has 16 heavy (non-hydrogen) atoms. The quantitative estimate of drug-likeness (QED) is 0.364. The first-order valence-corrected chi connectivity index (χ1v) is 5.44. The molecule has 1 fully saturated rings. The zero-order valence-electron chi connectivity index (χ0n) is 10.1. The molecule has 0 aromatic carbocycles. The molecule has 0 aromatic rings. The largest absolute Gasteiger partial charge is 0.383 e. The van der Waals surface area contributed by atoms with Crippen molar-refractivity contribution in [2.75, 3.05) is 27.4 Å². The molecule has 1 amide bonds. The number of nitrogens with two attached hydrogens (primary N) is 1. The smallest absolute Gasteiger partial charge is 0.253 e. The summed E-state index contributed by atoms with van der Waals surface area (Å²) in [6, 6.07) is -0.137. The van der Waals surface area contributed by atoms with Crippen LogP contribution in [0.1, 0.15) is 13.3 Å². The lowest BCUT2D eigenvalue weighted by molar-refractivity contribution is -0.129. The van der Waals surface area contributed by atoms with Gasteiger partial charge in [-0.05, 0) is 20.4 Å². The highest BCUT2D eigenvalue weighted by atomic mass is 16.5. The van der Waals surface area contributed by atoms with Crippen LogP contribution in [0.3, 0.4) is 0 Å². The van der Waals surface area contributed by atoms with Gasteiger partial charge in [0, 0.05) is 19.8 Å². The Balaban J connectivity index is 2.65. The zero-order chi connectivity index (χ0) is 12.1. The highest BCUT2D eigenvalue weighted by molar-refractivity contribution is 5.81. The molecule has 3 N–H and O–H groups in total. The monoisotopic (exact) mass is 231 g/mol. The Hall–Kier alpha value is -0.690. The summed E-state index contributed by atoms with van der Waals surface area (Å²) in [6.07, 6.45) is 1.06. The number of rotatable bonds is 5. The number of carbonyl (C=O) groups excluding carboxylic acids is 1. The van der Waals surface area contributed by atoms with Crippen LogP contribution in [0.15, 0.2) is 0 Å². The summed E-state index contributed by atoms with van der Waals surface area (Å²) in [6.45, 7) is 3.07. The minimum atomic E-state index is -0.371. The van der Waals surface area contributed by atoms with E-state index in [-0.39, 0.29) is 24.1 Å². The molecule has 1 rings (SSSR count). The lowest BCUT2D eigenvalue weighted by Crippen LogP contribution is -2.54. The number of nitrogens with zero attached hydrogens (tertiary/aromatic N) is 1. The topological polar surface area (TPSA) is 76.8 Å². The van der Waals surface area contributed by atoms with Crippen LogP contribution in [0.2, 0.25) is 0 Å². The van der Waals surface area contributed by atoms with Crippen molar-refractivity contribution in [3.63, 3.8) is 0 Å². The predicted octanol–water partition coefficient (Wildman–Crippen LogP) is -0.899. The molecule has 0 aliphatic carbocycles. The van der Waals surface area contributed by atoms with E-state index >= 15 is 0 Å². The summed E-state index contributed by atoms with van der Waals surface area (Å²) in [4.78, 5) is 13.6. The Morgan fingerprint density at radius 1 is 1.75 bits per heavy atom. The average Bonchev–Trinajstić information content (AvgIpc) is 2.70. The number of nitrogens with one attached hydrogen (secondary N) is 1. The van der Waals surface area contributed by atoms with E-state index in [1.807, 2.05) is 18.9 Å². The molecule has 0 spiro atoms. The van der Waals surface area contributed by atoms with Crippen LogP contribution in [0.25, 0.3) is 0 Å². The lowest BCUT2D eigenvalue weighted by atomic mass is 10.1. The fraction of sp³-hybridized carbons (Fsp3) is 0.900. The van der Waals surface area contributed by atoms with Gasteiger partial charge in [-0.2, -0.15) is 0 Å². The van der Waals surface area contributed by atoms with Crippen molar-refractivity contribution in [2.24, 2.45) is 5.84 Å². The molecule has 0 bridgehead atoms. The Morgan fingerprint density at radius 2 is 2.44 bits per heavy atom. The summed E-state index contributed by atoms with van der Waals surface area (Å²) < 4.78 is 10.5. The van der Waals surface area contributed by atoms with Crippen molar-refractivity contribution < 1.29 is 14.3 Å². The van der Waals surface area contributed by atoms with Gasteiger partial charge in [0.05, 0.1) is 12.7 Å². The molecular weight excluding hydrogens is 210 g/mol. The standard InChI is InChI=1S/C10H21N3O3/c1-7-8(4-5-16-7)13(2)9(6-15-3)10(14)12-11/h7-9H,4-6,11H2,1-3H3,(H,12,14). The molecule has 1 aliphatic rings. The van der Waals surface area contributed by atoms with Gasteiger partial charge in [0.1, 0.15) is 6.04 Å². The van der Waals surface area contributed by atoms with E-state index in [9.17, 15) is 4.79 Å². The highest BCUT2D eigenvalue weighted by Crippen LogP contribution is 2.20. The molecule has 0 saturated carbocycles. The maximum atomic E-state index is 11.6. The molecule has 1 heterocycles. The van der Waals surface area contributed by atoms with Gasteiger partial charge in [-0.1, -0.05) is 0 Å². The van der Waals surface area contributed by atoms with Crippen LogP contribution in [0.4, 0.5) is 0 Å². The third-order valence-electron chi connectivity index (χ3n) is 3.12. The third-order valence-corrected chi connectivity index (χ3v) is 3.12. The number of hydrogen-bond donors (Lipinski definition) is 2. The second-order valence-electron chi connectivity index (χ2n) is 4.08. The molecule has 6 heteroatoms. The van der Waals surface area contributed by atoms with Crippen molar-refractivity contribution in [1.29, 1.82) is 0 Å². The first-order valence-electron chi connectivity index (χ1n) is 5.44. The third kappa shape index (κ3) is 2.91. The lowest BCUT2D eigenvalue weighted by Gasteiger charge is -2.32. The van der Waals surface area contributed by atoms with Gasteiger partial charge in [-0.3, -0.25) is 15.1 Å². The second-order valence-corrected chi connectivity index (χ2v) is 4.08. The van der Waals surface area contributed by atoms with E-state index in [4.69, 9.17) is 15.3 Å². The fourth-order valence-electron chi connectivity index (χ4n) is 2.12. The maximum absolute atomic E-state index is 11.6. The second kappa shape index (κ2) is 6.15. The Bertz CT molecular complexity index is 237. The number of carbonyl (C=O) groups is 1. The van der Waals surface area contributed by atoms with Gasteiger partial charge in [-0.25, -0.2) is 5.84 Å². The molecule has 94 valence electrons. The van der Waals surface area contributed by atoms with Gasteiger partial charge < -0.3 is 9.47 Å². The van der Waals surface area contributed by atoms with Crippen LogP contribution in [0, 0.1) is 0 Å². The van der Waals surface area contributed by atoms with Gasteiger partial charge in [0.25, 0.3) is 5.91 Å². The Morgan fingerprint density at radius 3 is 2.88 bits per heavy atom. The highest BCUT2D eigenvalue weighted by Gasteiger charge is 2.34. The van der Waals surface area contributed by atoms with E-state index in [0.29, 0.717) is 6.61 Å². The summed E-state index contributed by atoms with van der Waals surface area (Å²) in [5.41, 5.74) is 2.17. The van der Waals surface area contributed by atoms with Crippen molar-refractivity contribution in [3.8, 4) is 0 Å². The van der Waals surface area contributed by atoms with Gasteiger partial charge >= 0.3 is 0 Å². The molecule has 3 unspecified atom stereocenters. The molecule has 3 atom stereocenters. The minimum Gasteiger partial charge on any atom is -0.383 e. The SMILES string of the molecule is COCC(C(=O)NN)N(C)C1CCOC1C. The molecule has 0 aromatic heterocycles. The van der Waals surface area contributed by atoms with Crippen LogP contribution in [0.5, 0.6) is 0 Å². The minimum absolute atomic E-state index is 0.134. The zero-order valence-corrected chi connectivity index (χ0v) is 10.1.